The molecule has 2 heterocycles. The summed E-state index contributed by atoms with van der Waals surface area (Å²) in [5, 5.41) is 1.91. The molecule has 2 aromatic carbocycles. The number of hydrogen-bond donors (Lipinski definition) is 1. The van der Waals surface area contributed by atoms with Gasteiger partial charge in [0.2, 0.25) is 5.91 Å². The molecule has 154 valence electrons. The molecule has 0 radical (unpaired) electrons. The molecule has 1 unspecified atom stereocenters. The van der Waals surface area contributed by atoms with Crippen molar-refractivity contribution in [1.82, 2.24) is 9.88 Å². The number of amides is 1. The number of ether oxygens (including phenoxy) is 1. The molecule has 1 aliphatic heterocycles. The Bertz CT molecular complexity index is 1150. The van der Waals surface area contributed by atoms with E-state index >= 15 is 0 Å². The highest BCUT2D eigenvalue weighted by Gasteiger charge is 2.48. The number of hydrogen-bond acceptors (Lipinski definition) is 2. The first-order valence-corrected chi connectivity index (χ1v) is 10.8. The maximum atomic E-state index is 12.4. The van der Waals surface area contributed by atoms with Gasteiger partial charge in [0.25, 0.3) is 0 Å². The van der Waals surface area contributed by atoms with E-state index in [-0.39, 0.29) is 11.3 Å². The molecule has 0 spiro atoms. The number of nitrogens with one attached hydrogen (secondary N) is 1. The first-order chi connectivity index (χ1) is 14.6. The van der Waals surface area contributed by atoms with Gasteiger partial charge in [0.05, 0.1) is 12.1 Å². The van der Waals surface area contributed by atoms with Crippen LogP contribution in [0.4, 0.5) is 0 Å². The fourth-order valence-electron chi connectivity index (χ4n) is 5.57. The number of carbonyl (C=O) groups is 1. The average molecular weight is 421 g/mol. The van der Waals surface area contributed by atoms with Gasteiger partial charge in [-0.15, -0.1) is 0 Å². The van der Waals surface area contributed by atoms with Crippen molar-refractivity contribution < 1.29 is 9.53 Å². The maximum absolute atomic E-state index is 12.4. The summed E-state index contributed by atoms with van der Waals surface area (Å²) in [4.78, 5) is 18.0. The zero-order chi connectivity index (χ0) is 20.9. The number of carbonyl (C=O) groups excluding carboxylic acids is 1. The van der Waals surface area contributed by atoms with Crippen molar-refractivity contribution in [3.63, 3.8) is 0 Å². The van der Waals surface area contributed by atoms with Crippen LogP contribution in [0.25, 0.3) is 10.9 Å². The minimum Gasteiger partial charge on any atom is -0.497 e. The maximum Gasteiger partial charge on any atom is 0.245 e. The number of aromatic amines is 1. The van der Waals surface area contributed by atoms with Crippen LogP contribution in [-0.2, 0) is 23.1 Å². The van der Waals surface area contributed by atoms with Crippen LogP contribution in [0, 0.1) is 5.92 Å². The van der Waals surface area contributed by atoms with Gasteiger partial charge in [-0.3, -0.25) is 4.79 Å². The van der Waals surface area contributed by atoms with Crippen molar-refractivity contribution in [3.05, 3.63) is 77.0 Å². The number of rotatable bonds is 3. The molecule has 2 aliphatic rings. The summed E-state index contributed by atoms with van der Waals surface area (Å²) in [5.41, 5.74) is 4.89. The molecule has 0 saturated carbocycles. The van der Waals surface area contributed by atoms with E-state index in [1.165, 1.54) is 22.9 Å². The fourth-order valence-corrected chi connectivity index (χ4v) is 5.86. The number of nitrogens with zero attached hydrogens (tertiary/aromatic N) is 1. The van der Waals surface area contributed by atoms with E-state index in [9.17, 15) is 4.79 Å². The highest BCUT2D eigenvalue weighted by molar-refractivity contribution is 6.35. The van der Waals surface area contributed by atoms with Crippen molar-refractivity contribution in [2.75, 3.05) is 20.2 Å². The summed E-state index contributed by atoms with van der Waals surface area (Å²) < 4.78 is 5.53. The quantitative estimate of drug-likeness (QED) is 0.612. The summed E-state index contributed by atoms with van der Waals surface area (Å²) in [6.07, 6.45) is 4.13. The zero-order valence-corrected chi connectivity index (χ0v) is 17.8. The van der Waals surface area contributed by atoms with Crippen LogP contribution in [0.3, 0.4) is 0 Å². The normalized spacial score (nSPS) is 23.0. The van der Waals surface area contributed by atoms with Gasteiger partial charge in [0, 0.05) is 35.1 Å². The monoisotopic (exact) mass is 420 g/mol. The summed E-state index contributed by atoms with van der Waals surface area (Å²) in [7, 11) is 1.71. The Balaban J connectivity index is 1.65. The fraction of sp³-hybridized carbons (Fsp3) is 0.320. The molecule has 1 amide bonds. The van der Waals surface area contributed by atoms with Crippen LogP contribution < -0.4 is 4.74 Å². The molecule has 5 rings (SSSR count). The molecule has 5 heteroatoms. The summed E-state index contributed by atoms with van der Waals surface area (Å²) in [5.74, 6) is 1.18. The highest BCUT2D eigenvalue weighted by Crippen LogP contribution is 2.50. The molecular formula is C25H25ClN2O2. The minimum atomic E-state index is -0.0488. The smallest absolute Gasteiger partial charge is 0.245 e. The van der Waals surface area contributed by atoms with Crippen LogP contribution in [0.2, 0.25) is 5.02 Å². The van der Waals surface area contributed by atoms with Crippen molar-refractivity contribution >= 4 is 28.4 Å². The largest absolute Gasteiger partial charge is 0.497 e. The lowest BCUT2D eigenvalue weighted by Crippen LogP contribution is -2.54. The first-order valence-electron chi connectivity index (χ1n) is 10.4. The molecular weight excluding hydrogens is 396 g/mol. The van der Waals surface area contributed by atoms with Crippen LogP contribution in [0.15, 0.2) is 55.1 Å². The number of methoxy groups -OCH3 is 1. The number of likely N-dealkylation sites (tertiary alicyclic amines) is 1. The van der Waals surface area contributed by atoms with E-state index in [1.807, 2.05) is 23.1 Å². The number of aromatic nitrogens is 1. The Morgan fingerprint density at radius 3 is 2.97 bits per heavy atom. The van der Waals surface area contributed by atoms with Crippen LogP contribution >= 0.6 is 11.6 Å². The van der Waals surface area contributed by atoms with Crippen LogP contribution in [0.5, 0.6) is 5.75 Å². The molecule has 0 bridgehead atoms. The minimum absolute atomic E-state index is 0.0111. The van der Waals surface area contributed by atoms with E-state index in [0.717, 1.165) is 54.0 Å². The predicted molar refractivity (Wildman–Crippen MR) is 120 cm³/mol. The van der Waals surface area contributed by atoms with E-state index in [4.69, 9.17) is 16.3 Å². The molecule has 4 nitrogen and oxygen atoms in total. The van der Waals surface area contributed by atoms with Gasteiger partial charge in [-0.1, -0.05) is 36.4 Å². The van der Waals surface area contributed by atoms with Crippen molar-refractivity contribution in [1.29, 1.82) is 0 Å². The molecule has 30 heavy (non-hydrogen) atoms. The Morgan fingerprint density at radius 2 is 2.17 bits per heavy atom. The molecule has 3 aromatic rings. The summed E-state index contributed by atoms with van der Waals surface area (Å²) in [6.45, 7) is 5.14. The lowest BCUT2D eigenvalue weighted by atomic mass is 9.58. The van der Waals surface area contributed by atoms with Gasteiger partial charge < -0.3 is 14.6 Å². The number of fused-ring (bicyclic) bond motifs is 4. The van der Waals surface area contributed by atoms with E-state index in [2.05, 4.69) is 35.8 Å². The Kier molecular flexibility index (Phi) is 4.62. The van der Waals surface area contributed by atoms with E-state index < -0.39 is 0 Å². The molecule has 1 N–H and O–H groups in total. The highest BCUT2D eigenvalue weighted by atomic mass is 35.5. The van der Waals surface area contributed by atoms with E-state index in [1.54, 1.807) is 7.11 Å². The first kappa shape index (κ1) is 19.3. The molecule has 1 aromatic heterocycles. The summed E-state index contributed by atoms with van der Waals surface area (Å²) >= 11 is 6.59. The summed E-state index contributed by atoms with van der Waals surface area (Å²) in [6, 6.07) is 14.5. The Hall–Kier alpha value is -2.72. The van der Waals surface area contributed by atoms with Crippen LogP contribution in [0.1, 0.15) is 23.2 Å². The van der Waals surface area contributed by atoms with Crippen molar-refractivity contribution in [3.8, 4) is 5.75 Å². The third-order valence-corrected chi connectivity index (χ3v) is 7.40. The Labute approximate surface area is 181 Å². The second-order valence-corrected chi connectivity index (χ2v) is 8.86. The molecule has 1 fully saturated rings. The van der Waals surface area contributed by atoms with Crippen LogP contribution in [-0.4, -0.2) is 36.0 Å². The lowest BCUT2D eigenvalue weighted by Gasteiger charge is -2.51. The number of benzene rings is 2. The van der Waals surface area contributed by atoms with Gasteiger partial charge in [0.15, 0.2) is 0 Å². The van der Waals surface area contributed by atoms with Gasteiger partial charge in [-0.2, -0.15) is 0 Å². The average Bonchev–Trinajstić information content (AvgIpc) is 3.14. The predicted octanol–water partition coefficient (Wildman–Crippen LogP) is 4.90. The molecule has 2 atom stereocenters. The Morgan fingerprint density at radius 1 is 1.33 bits per heavy atom. The number of halogens is 1. The SMILES string of the molecule is C=CC(=O)N1CC[C@]2(c3cccc(OC)c3)Cc3[nH]c4cccc(Cl)c4c3CC2C1. The lowest BCUT2D eigenvalue weighted by molar-refractivity contribution is -0.129. The second kappa shape index (κ2) is 7.21. The third-order valence-electron chi connectivity index (χ3n) is 7.09. The van der Waals surface area contributed by atoms with Crippen molar-refractivity contribution in [2.45, 2.75) is 24.7 Å². The van der Waals surface area contributed by atoms with Gasteiger partial charge >= 0.3 is 0 Å². The second-order valence-electron chi connectivity index (χ2n) is 8.45. The van der Waals surface area contributed by atoms with E-state index in [0.29, 0.717) is 5.92 Å². The van der Waals surface area contributed by atoms with Gasteiger partial charge in [-0.25, -0.2) is 0 Å². The molecule has 1 aliphatic carbocycles. The third kappa shape index (κ3) is 2.85. The zero-order valence-electron chi connectivity index (χ0n) is 17.1. The standard InChI is InChI=1S/C25H25ClN2O2/c1-3-23(29)28-11-10-25(16-6-4-7-18(12-16)30-2)14-22-19(13-17(25)15-28)24-20(26)8-5-9-21(24)27-22/h3-9,12,17,27H,1,10-11,13-15H2,2H3/t17?,25-/m1/s1. The number of H-pyrrole nitrogens is 1. The van der Waals surface area contributed by atoms with Gasteiger partial charge in [-0.05, 0) is 66.6 Å². The van der Waals surface area contributed by atoms with Gasteiger partial charge in [0.1, 0.15) is 5.75 Å². The van der Waals surface area contributed by atoms with Crippen molar-refractivity contribution in [2.24, 2.45) is 5.92 Å². The molecule has 1 saturated heterocycles. The topological polar surface area (TPSA) is 45.3 Å². The number of piperidine rings is 1.